The van der Waals surface area contributed by atoms with Gasteiger partial charge in [-0.2, -0.15) is 11.8 Å². The fraction of sp³-hybridized carbons (Fsp3) is 0.500. The topological polar surface area (TPSA) is 26.3 Å². The molecule has 1 aromatic carbocycles. The van der Waals surface area contributed by atoms with Crippen molar-refractivity contribution in [2.45, 2.75) is 26.7 Å². The summed E-state index contributed by atoms with van der Waals surface area (Å²) in [4.78, 5) is 11.8. The second kappa shape index (κ2) is 7.38. The molecule has 1 rings (SSSR count). The zero-order valence-corrected chi connectivity index (χ0v) is 11.6. The van der Waals surface area contributed by atoms with Crippen molar-refractivity contribution in [2.75, 3.05) is 18.6 Å². The first-order valence-electron chi connectivity index (χ1n) is 5.90. The Kier molecular flexibility index (Phi) is 6.12. The quantitative estimate of drug-likeness (QED) is 0.697. The average molecular weight is 252 g/mol. The largest absolute Gasteiger partial charge is 0.496 e. The summed E-state index contributed by atoms with van der Waals surface area (Å²) in [6, 6.07) is 5.96. The molecule has 17 heavy (non-hydrogen) atoms. The molecule has 1 aromatic rings. The van der Waals surface area contributed by atoms with Crippen LogP contribution in [0.3, 0.4) is 0 Å². The number of carbonyl (C=O) groups is 1. The fourth-order valence-electron chi connectivity index (χ4n) is 1.64. The van der Waals surface area contributed by atoms with Crippen LogP contribution in [0.25, 0.3) is 0 Å². The smallest absolute Gasteiger partial charge is 0.147 e. The second-order valence-corrected chi connectivity index (χ2v) is 5.19. The number of thioether (sulfide) groups is 1. The van der Waals surface area contributed by atoms with Crippen molar-refractivity contribution in [3.05, 3.63) is 29.3 Å². The Balaban J connectivity index is 2.60. The number of methoxy groups -OCH3 is 1. The average Bonchev–Trinajstić information content (AvgIpc) is 2.29. The third-order valence-corrected chi connectivity index (χ3v) is 3.66. The third-order valence-electron chi connectivity index (χ3n) is 2.44. The van der Waals surface area contributed by atoms with Crippen LogP contribution < -0.4 is 4.74 Å². The summed E-state index contributed by atoms with van der Waals surface area (Å²) in [5.74, 6) is 2.73. The Morgan fingerprint density at radius 2 is 2.18 bits per heavy atom. The molecule has 0 fully saturated rings. The molecule has 0 saturated heterocycles. The number of ether oxygens (including phenoxy) is 1. The summed E-state index contributed by atoms with van der Waals surface area (Å²) >= 11 is 1.71. The SMILES string of the molecule is CCCSCC(=O)Cc1cc(C)ccc1OC. The Morgan fingerprint density at radius 3 is 2.82 bits per heavy atom. The highest BCUT2D eigenvalue weighted by atomic mass is 32.2. The lowest BCUT2D eigenvalue weighted by Crippen LogP contribution is -2.07. The minimum atomic E-state index is 0.271. The molecule has 0 saturated carbocycles. The molecule has 3 heteroatoms. The van der Waals surface area contributed by atoms with Gasteiger partial charge in [0.25, 0.3) is 0 Å². The molecule has 0 aliphatic rings. The zero-order chi connectivity index (χ0) is 12.7. The van der Waals surface area contributed by atoms with E-state index >= 15 is 0 Å². The molecule has 0 bridgehead atoms. The van der Waals surface area contributed by atoms with Gasteiger partial charge in [-0.1, -0.05) is 24.6 Å². The Bertz CT molecular complexity index is 374. The number of carbonyl (C=O) groups excluding carboxylic acids is 1. The van der Waals surface area contributed by atoms with E-state index in [1.165, 1.54) is 0 Å². The van der Waals surface area contributed by atoms with Crippen molar-refractivity contribution < 1.29 is 9.53 Å². The van der Waals surface area contributed by atoms with Gasteiger partial charge in [0.15, 0.2) is 0 Å². The lowest BCUT2D eigenvalue weighted by atomic mass is 10.1. The molecule has 0 aliphatic heterocycles. The molecule has 0 aliphatic carbocycles. The van der Waals surface area contributed by atoms with E-state index in [1.54, 1.807) is 18.9 Å². The van der Waals surface area contributed by atoms with Gasteiger partial charge in [-0.3, -0.25) is 4.79 Å². The first-order valence-corrected chi connectivity index (χ1v) is 7.05. The van der Waals surface area contributed by atoms with E-state index in [1.807, 2.05) is 25.1 Å². The number of hydrogen-bond acceptors (Lipinski definition) is 3. The van der Waals surface area contributed by atoms with Crippen molar-refractivity contribution in [2.24, 2.45) is 0 Å². The summed E-state index contributed by atoms with van der Waals surface area (Å²) in [5, 5.41) is 0. The van der Waals surface area contributed by atoms with Crippen molar-refractivity contribution in [3.63, 3.8) is 0 Å². The van der Waals surface area contributed by atoms with Gasteiger partial charge in [0.1, 0.15) is 11.5 Å². The van der Waals surface area contributed by atoms with Crippen LogP contribution in [0.5, 0.6) is 5.75 Å². The van der Waals surface area contributed by atoms with Crippen LogP contribution in [0.15, 0.2) is 18.2 Å². The van der Waals surface area contributed by atoms with Crippen LogP contribution in [0.1, 0.15) is 24.5 Å². The predicted octanol–water partition coefficient (Wildman–Crippen LogP) is 3.26. The molecule has 2 nitrogen and oxygen atoms in total. The minimum Gasteiger partial charge on any atom is -0.496 e. The van der Waals surface area contributed by atoms with Crippen LogP contribution in [-0.4, -0.2) is 24.4 Å². The molecule has 0 heterocycles. The van der Waals surface area contributed by atoms with Gasteiger partial charge in [0.2, 0.25) is 0 Å². The van der Waals surface area contributed by atoms with Gasteiger partial charge >= 0.3 is 0 Å². The van der Waals surface area contributed by atoms with Crippen LogP contribution in [-0.2, 0) is 11.2 Å². The Morgan fingerprint density at radius 1 is 1.41 bits per heavy atom. The van der Waals surface area contributed by atoms with Crippen LogP contribution in [0.2, 0.25) is 0 Å². The summed E-state index contributed by atoms with van der Waals surface area (Å²) < 4.78 is 5.27. The Labute approximate surface area is 108 Å². The number of hydrogen-bond donors (Lipinski definition) is 0. The molecule has 94 valence electrons. The molecule has 0 spiro atoms. The van der Waals surface area contributed by atoms with E-state index in [-0.39, 0.29) is 5.78 Å². The monoisotopic (exact) mass is 252 g/mol. The lowest BCUT2D eigenvalue weighted by Gasteiger charge is -2.08. The predicted molar refractivity (Wildman–Crippen MR) is 74.1 cm³/mol. The maximum atomic E-state index is 11.8. The van der Waals surface area contributed by atoms with E-state index in [9.17, 15) is 4.79 Å². The second-order valence-electron chi connectivity index (χ2n) is 4.08. The molecule has 0 N–H and O–H groups in total. The minimum absolute atomic E-state index is 0.271. The van der Waals surface area contributed by atoms with Crippen LogP contribution in [0.4, 0.5) is 0 Å². The lowest BCUT2D eigenvalue weighted by molar-refractivity contribution is -0.116. The highest BCUT2D eigenvalue weighted by Gasteiger charge is 2.09. The normalized spacial score (nSPS) is 10.3. The van der Waals surface area contributed by atoms with Gasteiger partial charge in [-0.15, -0.1) is 0 Å². The number of aryl methyl sites for hydroxylation is 1. The van der Waals surface area contributed by atoms with Crippen molar-refractivity contribution in [3.8, 4) is 5.75 Å². The Hall–Kier alpha value is -0.960. The standard InChI is InChI=1S/C14H20O2S/c1-4-7-17-10-13(15)9-12-8-11(2)5-6-14(12)16-3/h5-6,8H,4,7,9-10H2,1-3H3. The van der Waals surface area contributed by atoms with Gasteiger partial charge in [0.05, 0.1) is 12.9 Å². The van der Waals surface area contributed by atoms with E-state index in [2.05, 4.69) is 6.92 Å². The number of benzene rings is 1. The molecule has 0 amide bonds. The van der Waals surface area contributed by atoms with Crippen LogP contribution >= 0.6 is 11.8 Å². The third kappa shape index (κ3) is 4.82. The first kappa shape index (κ1) is 14.1. The van der Waals surface area contributed by atoms with E-state index in [4.69, 9.17) is 4.74 Å². The number of ketones is 1. The van der Waals surface area contributed by atoms with Crippen molar-refractivity contribution in [1.82, 2.24) is 0 Å². The summed E-state index contributed by atoms with van der Waals surface area (Å²) in [7, 11) is 1.64. The maximum absolute atomic E-state index is 11.8. The van der Waals surface area contributed by atoms with Gasteiger partial charge in [-0.05, 0) is 25.2 Å². The highest BCUT2D eigenvalue weighted by molar-refractivity contribution is 7.99. The van der Waals surface area contributed by atoms with Crippen LogP contribution in [0, 0.1) is 6.92 Å². The van der Waals surface area contributed by atoms with E-state index in [0.29, 0.717) is 12.2 Å². The molecule has 0 radical (unpaired) electrons. The van der Waals surface area contributed by atoms with E-state index in [0.717, 1.165) is 29.1 Å². The summed E-state index contributed by atoms with van der Waals surface area (Å²) in [6.45, 7) is 4.15. The highest BCUT2D eigenvalue weighted by Crippen LogP contribution is 2.20. The molecule has 0 unspecified atom stereocenters. The summed E-state index contributed by atoms with van der Waals surface area (Å²) in [6.07, 6.45) is 1.59. The molecular weight excluding hydrogens is 232 g/mol. The number of Topliss-reactive ketones (excluding diaryl/α,β-unsaturated/α-hetero) is 1. The first-order chi connectivity index (χ1) is 8.17. The molecule has 0 aromatic heterocycles. The van der Waals surface area contributed by atoms with Gasteiger partial charge < -0.3 is 4.74 Å². The van der Waals surface area contributed by atoms with Gasteiger partial charge in [-0.25, -0.2) is 0 Å². The van der Waals surface area contributed by atoms with Crippen molar-refractivity contribution in [1.29, 1.82) is 0 Å². The fourth-order valence-corrected chi connectivity index (χ4v) is 2.40. The molecule has 0 atom stereocenters. The van der Waals surface area contributed by atoms with Gasteiger partial charge in [0, 0.05) is 12.0 Å². The zero-order valence-electron chi connectivity index (χ0n) is 10.8. The van der Waals surface area contributed by atoms with E-state index < -0.39 is 0 Å². The van der Waals surface area contributed by atoms with Crippen molar-refractivity contribution >= 4 is 17.5 Å². The number of rotatable bonds is 7. The molecular formula is C14H20O2S. The maximum Gasteiger partial charge on any atom is 0.147 e. The summed E-state index contributed by atoms with van der Waals surface area (Å²) in [5.41, 5.74) is 2.16.